The molecule has 4 aromatic heterocycles. The van der Waals surface area contributed by atoms with Gasteiger partial charge in [0.1, 0.15) is 5.69 Å². The van der Waals surface area contributed by atoms with Crippen LogP contribution in [0.1, 0.15) is 77.1 Å². The fourth-order valence-corrected chi connectivity index (χ4v) is 6.96. The van der Waals surface area contributed by atoms with E-state index in [9.17, 15) is 9.59 Å². The molecule has 1 aliphatic carbocycles. The molecule has 1 fully saturated rings. The zero-order valence-electron chi connectivity index (χ0n) is 26.5. The summed E-state index contributed by atoms with van der Waals surface area (Å²) in [4.78, 5) is 38.6. The topological polar surface area (TPSA) is 118 Å². The maximum atomic E-state index is 16.7. The Balaban J connectivity index is 1.16. The van der Waals surface area contributed by atoms with Crippen LogP contribution in [0.3, 0.4) is 0 Å². The van der Waals surface area contributed by atoms with Crippen molar-refractivity contribution in [3.8, 4) is 11.1 Å². The number of hydrogen-bond acceptors (Lipinski definition) is 6. The van der Waals surface area contributed by atoms with Crippen LogP contribution >= 0.6 is 0 Å². The van der Waals surface area contributed by atoms with E-state index in [1.165, 1.54) is 0 Å². The Labute approximate surface area is 271 Å². The first-order valence-corrected chi connectivity index (χ1v) is 16.3. The molecule has 8 rings (SSSR count). The van der Waals surface area contributed by atoms with E-state index in [0.717, 1.165) is 58.6 Å². The van der Waals surface area contributed by atoms with Gasteiger partial charge in [-0.3, -0.25) is 23.9 Å². The van der Waals surface area contributed by atoms with Crippen LogP contribution in [0.5, 0.6) is 0 Å². The average Bonchev–Trinajstić information content (AvgIpc) is 3.44. The van der Waals surface area contributed by atoms with Crippen molar-refractivity contribution in [1.82, 2.24) is 44.5 Å². The van der Waals surface area contributed by atoms with E-state index in [2.05, 4.69) is 33.4 Å². The van der Waals surface area contributed by atoms with Gasteiger partial charge in [-0.1, -0.05) is 11.3 Å². The Hall–Kier alpha value is -5.13. The van der Waals surface area contributed by atoms with E-state index in [4.69, 9.17) is 4.98 Å². The van der Waals surface area contributed by atoms with Crippen molar-refractivity contribution in [1.29, 1.82) is 0 Å². The quantitative estimate of drug-likeness (QED) is 0.250. The number of amides is 2. The predicted octanol–water partition coefficient (Wildman–Crippen LogP) is 5.22. The average molecular weight is 634 g/mol. The lowest BCUT2D eigenvalue weighted by atomic mass is 9.92. The van der Waals surface area contributed by atoms with Crippen molar-refractivity contribution >= 4 is 28.3 Å². The first-order chi connectivity index (χ1) is 22.9. The lowest BCUT2D eigenvalue weighted by molar-refractivity contribution is -0.131. The summed E-state index contributed by atoms with van der Waals surface area (Å²) in [5.74, 6) is -0.133. The molecule has 2 aliphatic heterocycles. The van der Waals surface area contributed by atoms with Crippen LogP contribution in [-0.4, -0.2) is 69.4 Å². The molecule has 12 heteroatoms. The molecule has 3 aliphatic rings. The molecule has 240 valence electrons. The number of rotatable bonds is 8. The van der Waals surface area contributed by atoms with Crippen LogP contribution < -0.4 is 0 Å². The lowest BCUT2D eigenvalue weighted by Crippen LogP contribution is -2.36. The Morgan fingerprint density at radius 1 is 1.04 bits per heavy atom. The van der Waals surface area contributed by atoms with Gasteiger partial charge in [0.25, 0.3) is 5.91 Å². The smallest absolute Gasteiger partial charge is 0.270 e. The molecule has 0 saturated heterocycles. The maximum absolute atomic E-state index is 16.7. The maximum Gasteiger partial charge on any atom is 0.270 e. The van der Waals surface area contributed by atoms with E-state index in [-0.39, 0.29) is 23.8 Å². The minimum Gasteiger partial charge on any atom is -0.348 e. The van der Waals surface area contributed by atoms with Crippen LogP contribution in [0.15, 0.2) is 49.1 Å². The van der Waals surface area contributed by atoms with Crippen LogP contribution in [-0.2, 0) is 31.0 Å². The molecule has 0 spiro atoms. The van der Waals surface area contributed by atoms with Crippen LogP contribution in [0.4, 0.5) is 4.39 Å². The van der Waals surface area contributed by atoms with E-state index in [0.29, 0.717) is 61.7 Å². The summed E-state index contributed by atoms with van der Waals surface area (Å²) >= 11 is 0. The van der Waals surface area contributed by atoms with E-state index in [1.807, 2.05) is 36.1 Å². The fraction of sp³-hybridized carbons (Fsp3) is 0.371. The molecule has 47 heavy (non-hydrogen) atoms. The van der Waals surface area contributed by atoms with Crippen molar-refractivity contribution in [3.63, 3.8) is 0 Å². The molecule has 5 aromatic rings. The minimum atomic E-state index is -0.433. The van der Waals surface area contributed by atoms with Gasteiger partial charge in [-0.2, -0.15) is 5.10 Å². The van der Waals surface area contributed by atoms with Gasteiger partial charge in [-0.05, 0) is 68.0 Å². The summed E-state index contributed by atoms with van der Waals surface area (Å²) < 4.78 is 20.2. The standard InChI is InChI=1S/C35H36FN9O2/c1-3-45-31-20-43(19-24(31)16-39-45)35(47)30-15-27-26(28-17-37-29(13-21(28)2)22-6-7-22)14-25(33(36)34(27)40-30)23-5-4-10-42(18-23)32(46)8-11-44-12-9-38-41-44/h5,9,12-17,22,40H,3-4,6-8,10-11,18-20H2,1-2H3. The molecule has 6 heterocycles. The number of fused-ring (bicyclic) bond motifs is 2. The fourth-order valence-electron chi connectivity index (χ4n) is 6.96. The molecule has 0 bridgehead atoms. The second kappa shape index (κ2) is 11.6. The monoisotopic (exact) mass is 633 g/mol. The third kappa shape index (κ3) is 5.31. The van der Waals surface area contributed by atoms with Gasteiger partial charge in [0, 0.05) is 78.7 Å². The molecular formula is C35H36FN9O2. The number of H-pyrrole nitrogens is 1. The number of benzene rings is 1. The number of halogens is 1. The van der Waals surface area contributed by atoms with Gasteiger partial charge in [0.05, 0.1) is 36.7 Å². The molecule has 11 nitrogen and oxygen atoms in total. The molecule has 0 atom stereocenters. The molecule has 1 N–H and O–H groups in total. The van der Waals surface area contributed by atoms with Crippen molar-refractivity contribution in [3.05, 3.63) is 88.7 Å². The third-order valence-corrected chi connectivity index (χ3v) is 9.70. The molecule has 0 radical (unpaired) electrons. The van der Waals surface area contributed by atoms with E-state index in [1.54, 1.807) is 32.9 Å². The highest BCUT2D eigenvalue weighted by molar-refractivity contribution is 6.05. The number of aryl methyl sites for hydroxylation is 3. The van der Waals surface area contributed by atoms with Crippen LogP contribution in [0, 0.1) is 12.7 Å². The SMILES string of the molecule is CCn1ncc2c1CN(C(=O)c1cc3c(-c4cnc(C5CC5)cc4C)cc(C4=CCCN(C(=O)CCn5ccnn5)C4)c(F)c3[nH]1)C2. The zero-order valence-corrected chi connectivity index (χ0v) is 26.5. The van der Waals surface area contributed by atoms with Gasteiger partial charge < -0.3 is 14.8 Å². The summed E-state index contributed by atoms with van der Waals surface area (Å²) in [7, 11) is 0. The Morgan fingerprint density at radius 2 is 1.91 bits per heavy atom. The number of aromatic amines is 1. The lowest BCUT2D eigenvalue weighted by Gasteiger charge is -2.28. The number of nitrogens with zero attached hydrogens (tertiary/aromatic N) is 8. The van der Waals surface area contributed by atoms with E-state index >= 15 is 4.39 Å². The van der Waals surface area contributed by atoms with Gasteiger partial charge in [0.2, 0.25) is 5.91 Å². The summed E-state index contributed by atoms with van der Waals surface area (Å²) in [6.45, 7) is 7.03. The van der Waals surface area contributed by atoms with Gasteiger partial charge in [0.15, 0.2) is 5.82 Å². The highest BCUT2D eigenvalue weighted by atomic mass is 19.1. The first kappa shape index (κ1) is 29.3. The van der Waals surface area contributed by atoms with Crippen molar-refractivity contribution in [2.45, 2.75) is 71.6 Å². The van der Waals surface area contributed by atoms with Gasteiger partial charge in [-0.25, -0.2) is 4.39 Å². The number of nitrogens with one attached hydrogen (secondary N) is 1. The number of pyridine rings is 1. The molecule has 2 amide bonds. The Kier molecular flexibility index (Phi) is 7.22. The number of aromatic nitrogens is 7. The van der Waals surface area contributed by atoms with E-state index < -0.39 is 5.82 Å². The Morgan fingerprint density at radius 3 is 2.68 bits per heavy atom. The zero-order chi connectivity index (χ0) is 32.2. The van der Waals surface area contributed by atoms with Gasteiger partial charge >= 0.3 is 0 Å². The normalized spacial score (nSPS) is 16.2. The highest BCUT2D eigenvalue weighted by Crippen LogP contribution is 2.42. The minimum absolute atomic E-state index is 0.0194. The number of carbonyl (C=O) groups is 2. The summed E-state index contributed by atoms with van der Waals surface area (Å²) in [6.07, 6.45) is 12.2. The van der Waals surface area contributed by atoms with Crippen LogP contribution in [0.25, 0.3) is 27.6 Å². The molecule has 1 saturated carbocycles. The highest BCUT2D eigenvalue weighted by Gasteiger charge is 2.31. The summed E-state index contributed by atoms with van der Waals surface area (Å²) in [5.41, 5.74) is 7.69. The number of hydrogen-bond donors (Lipinski definition) is 1. The second-order valence-electron chi connectivity index (χ2n) is 12.8. The summed E-state index contributed by atoms with van der Waals surface area (Å²) in [6, 6.07) is 5.78. The first-order valence-electron chi connectivity index (χ1n) is 16.3. The van der Waals surface area contributed by atoms with Crippen molar-refractivity contribution < 1.29 is 14.0 Å². The third-order valence-electron chi connectivity index (χ3n) is 9.70. The Bertz CT molecular complexity index is 2050. The molecule has 1 aromatic carbocycles. The predicted molar refractivity (Wildman–Crippen MR) is 173 cm³/mol. The van der Waals surface area contributed by atoms with Crippen molar-refractivity contribution in [2.75, 3.05) is 13.1 Å². The van der Waals surface area contributed by atoms with Crippen molar-refractivity contribution in [2.24, 2.45) is 0 Å². The summed E-state index contributed by atoms with van der Waals surface area (Å²) in [5, 5.41) is 12.8. The number of carbonyl (C=O) groups excluding carboxylic acids is 2. The molecular weight excluding hydrogens is 597 g/mol. The second-order valence-corrected chi connectivity index (χ2v) is 12.8. The van der Waals surface area contributed by atoms with Gasteiger partial charge in [-0.15, -0.1) is 5.10 Å². The molecule has 0 unspecified atom stereocenters. The van der Waals surface area contributed by atoms with Crippen LogP contribution in [0.2, 0.25) is 0 Å². The largest absolute Gasteiger partial charge is 0.348 e.